The van der Waals surface area contributed by atoms with Gasteiger partial charge in [-0.3, -0.25) is 62.5 Å². The molecule has 0 aliphatic carbocycles. The van der Waals surface area contributed by atoms with Crippen LogP contribution < -0.4 is 65.5 Å². The van der Waals surface area contributed by atoms with Gasteiger partial charge in [-0.2, -0.15) is 0 Å². The van der Waals surface area contributed by atoms with Gasteiger partial charge in [-0.15, -0.1) is 0 Å². The fourth-order valence-electron chi connectivity index (χ4n) is 7.12. The number of carboxylic acid groups (broad SMARTS) is 4. The number of carbonyl (C=O) groups excluding carboxylic acids is 9. The number of H-pyrrole nitrogens is 1. The van der Waals surface area contributed by atoms with E-state index in [9.17, 15) is 87.9 Å². The molecular weight excluding hydrogens is 1050 g/mol. The van der Waals surface area contributed by atoms with Gasteiger partial charge in [-0.05, 0) is 58.3 Å². The second-order valence-corrected chi connectivity index (χ2v) is 18.6. The molecule has 0 bridgehead atoms. The highest BCUT2D eigenvalue weighted by atomic mass is 16.4. The van der Waals surface area contributed by atoms with Crippen LogP contribution in [0.2, 0.25) is 0 Å². The summed E-state index contributed by atoms with van der Waals surface area (Å²) >= 11 is 0. The number of nitrogens with zero attached hydrogens (tertiary/aromatic N) is 2. The third-order valence-electron chi connectivity index (χ3n) is 11.2. The summed E-state index contributed by atoms with van der Waals surface area (Å²) in [7, 11) is 0. The maximum atomic E-state index is 14.0. The van der Waals surface area contributed by atoms with E-state index in [1.165, 1.54) is 12.5 Å². The van der Waals surface area contributed by atoms with E-state index < -0.39 is 189 Å². The summed E-state index contributed by atoms with van der Waals surface area (Å²) in [6.45, 7) is 5.29. The lowest BCUT2D eigenvalue weighted by Gasteiger charge is -2.29. The Bertz CT molecular complexity index is 2330. The summed E-state index contributed by atoms with van der Waals surface area (Å²) in [5.41, 5.74) is 22.1. The minimum atomic E-state index is -2.02. The van der Waals surface area contributed by atoms with E-state index in [1.54, 1.807) is 13.8 Å². The summed E-state index contributed by atoms with van der Waals surface area (Å²) in [6.07, 6.45) is -6.51. The van der Waals surface area contributed by atoms with Crippen LogP contribution in [0.15, 0.2) is 17.5 Å². The molecule has 0 saturated carbocycles. The normalized spacial score (nSPS) is 15.2. The van der Waals surface area contributed by atoms with Crippen molar-refractivity contribution in [2.75, 3.05) is 6.54 Å². The largest absolute Gasteiger partial charge is 0.481 e. The van der Waals surface area contributed by atoms with E-state index in [2.05, 4.69) is 57.5 Å². The van der Waals surface area contributed by atoms with Crippen molar-refractivity contribution in [3.8, 4) is 0 Å². The lowest BCUT2D eigenvalue weighted by molar-refractivity contribution is -0.143. The van der Waals surface area contributed by atoms with Crippen LogP contribution in [0.4, 0.5) is 0 Å². The molecule has 0 radical (unpaired) electrons. The lowest BCUT2D eigenvalue weighted by atomic mass is 10.0. The van der Waals surface area contributed by atoms with Crippen molar-refractivity contribution in [1.82, 2.24) is 52.5 Å². The molecule has 0 spiro atoms. The highest BCUT2D eigenvalue weighted by Crippen LogP contribution is 2.11. The Morgan fingerprint density at radius 3 is 1.38 bits per heavy atom. The molecule has 442 valence electrons. The number of aromatic nitrogens is 2. The van der Waals surface area contributed by atoms with E-state index in [0.29, 0.717) is 0 Å². The van der Waals surface area contributed by atoms with Gasteiger partial charge in [0.25, 0.3) is 0 Å². The van der Waals surface area contributed by atoms with Crippen LogP contribution in [0.5, 0.6) is 0 Å². The number of carbonyl (C=O) groups is 13. The third-order valence-corrected chi connectivity index (χ3v) is 11.2. The van der Waals surface area contributed by atoms with Crippen molar-refractivity contribution in [3.63, 3.8) is 0 Å². The van der Waals surface area contributed by atoms with Crippen LogP contribution in [0, 0.1) is 5.92 Å². The zero-order chi connectivity index (χ0) is 60.3. The zero-order valence-electron chi connectivity index (χ0n) is 43.8. The molecule has 11 atom stereocenters. The van der Waals surface area contributed by atoms with Gasteiger partial charge in [0, 0.05) is 44.1 Å². The van der Waals surface area contributed by atoms with E-state index >= 15 is 0 Å². The average molecular weight is 1130 g/mol. The number of rotatable bonds is 38. The van der Waals surface area contributed by atoms with Crippen molar-refractivity contribution < 1.29 is 93.0 Å². The molecule has 34 heteroatoms. The molecule has 79 heavy (non-hydrogen) atoms. The molecular formula is C45H73N15O19. The van der Waals surface area contributed by atoms with Crippen LogP contribution in [0.25, 0.3) is 0 Å². The van der Waals surface area contributed by atoms with Crippen LogP contribution in [-0.4, -0.2) is 197 Å². The predicted octanol–water partition coefficient (Wildman–Crippen LogP) is -7.43. The topological polar surface area (TPSA) is 585 Å². The van der Waals surface area contributed by atoms with Gasteiger partial charge in [-0.25, -0.2) is 9.78 Å². The number of guanidine groups is 1. The van der Waals surface area contributed by atoms with E-state index in [1.807, 2.05) is 0 Å². The van der Waals surface area contributed by atoms with Crippen LogP contribution in [0.3, 0.4) is 0 Å². The van der Waals surface area contributed by atoms with E-state index in [-0.39, 0.29) is 49.8 Å². The van der Waals surface area contributed by atoms with Crippen molar-refractivity contribution in [3.05, 3.63) is 18.2 Å². The quantitative estimate of drug-likeness (QED) is 0.0166. The smallest absolute Gasteiger partial charge is 0.326 e. The number of aliphatic carboxylic acids is 4. The summed E-state index contributed by atoms with van der Waals surface area (Å²) in [6, 6.07) is -15.8. The maximum absolute atomic E-state index is 14.0. The number of aliphatic hydroxyl groups is 2. The number of amides is 9. The molecule has 0 saturated heterocycles. The molecule has 1 rings (SSSR count). The van der Waals surface area contributed by atoms with Crippen LogP contribution >= 0.6 is 0 Å². The molecule has 23 N–H and O–H groups in total. The second-order valence-electron chi connectivity index (χ2n) is 18.6. The minimum Gasteiger partial charge on any atom is -0.481 e. The Kier molecular flexibility index (Phi) is 29.7. The summed E-state index contributed by atoms with van der Waals surface area (Å²) in [5.74, 6) is -17.0. The Labute approximate surface area is 451 Å². The molecule has 1 heterocycles. The molecule has 0 aliphatic heterocycles. The Hall–Kier alpha value is -8.53. The number of imidazole rings is 1. The van der Waals surface area contributed by atoms with Gasteiger partial charge < -0.3 is 101 Å². The number of nitrogens with one attached hydrogen (secondary N) is 9. The summed E-state index contributed by atoms with van der Waals surface area (Å²) in [5, 5.41) is 76.6. The summed E-state index contributed by atoms with van der Waals surface area (Å²) in [4.78, 5) is 178. The third kappa shape index (κ3) is 26.9. The number of aliphatic hydroxyl groups excluding tert-OH is 2. The first-order valence-corrected chi connectivity index (χ1v) is 24.6. The number of primary amides is 1. The van der Waals surface area contributed by atoms with E-state index in [4.69, 9.17) is 28.0 Å². The zero-order valence-corrected chi connectivity index (χ0v) is 43.8. The van der Waals surface area contributed by atoms with Gasteiger partial charge in [0.05, 0.1) is 31.0 Å². The Morgan fingerprint density at radius 2 is 0.949 bits per heavy atom. The molecule has 0 unspecified atom stereocenters. The van der Waals surface area contributed by atoms with Gasteiger partial charge in [-0.1, -0.05) is 13.8 Å². The number of hydrogen-bond acceptors (Lipinski definition) is 18. The van der Waals surface area contributed by atoms with Gasteiger partial charge in [0.1, 0.15) is 48.3 Å². The maximum Gasteiger partial charge on any atom is 0.326 e. The predicted molar refractivity (Wildman–Crippen MR) is 270 cm³/mol. The second kappa shape index (κ2) is 34.3. The number of carboxylic acids is 4. The molecule has 9 amide bonds. The molecule has 0 fully saturated rings. The fraction of sp³-hybridized carbons (Fsp3) is 0.622. The molecule has 34 nitrogen and oxygen atoms in total. The van der Waals surface area contributed by atoms with Crippen LogP contribution in [0.1, 0.15) is 97.6 Å². The number of aliphatic imine (C=N–C) groups is 1. The highest BCUT2D eigenvalue weighted by molar-refractivity contribution is 5.99. The first kappa shape index (κ1) is 68.5. The molecule has 1 aromatic rings. The average Bonchev–Trinajstić information content (AvgIpc) is 3.86. The highest BCUT2D eigenvalue weighted by Gasteiger charge is 2.38. The minimum absolute atomic E-state index is 0.0491. The van der Waals surface area contributed by atoms with Crippen molar-refractivity contribution >= 4 is 83.0 Å². The summed E-state index contributed by atoms with van der Waals surface area (Å²) < 4.78 is 0. The van der Waals surface area contributed by atoms with Crippen LogP contribution in [-0.2, 0) is 68.7 Å². The van der Waals surface area contributed by atoms with Crippen molar-refractivity contribution in [2.45, 2.75) is 165 Å². The number of nitrogens with two attached hydrogens (primary N) is 4. The Balaban J connectivity index is 3.56. The fourth-order valence-corrected chi connectivity index (χ4v) is 7.12. The number of hydrogen-bond donors (Lipinski definition) is 19. The Morgan fingerprint density at radius 1 is 0.544 bits per heavy atom. The monoisotopic (exact) mass is 1130 g/mol. The standard InChI is InChI=1S/C45H73N15O19/c1-19(2)14-29(44(78)79)58-38(72)26(9-12-33(68)69)55-42(76)34(20(3)61)60-41(75)27(15-22-17-50-18-52-22)56-40(74)28(16-30(47)63)57-43(77)35(21(4)62)59-39(73)24(6-5-13-51-45(48)49)54-37(71)25(8-11-32(66)67)53-36(70)23(46)7-10-31(64)65/h17-21,23-29,34-35,61-62H,5-16,46H2,1-4H3,(H2,47,63)(H,50,52)(H,53,70)(H,54,71)(H,55,76)(H,56,74)(H,57,77)(H,58,72)(H,59,73)(H,60,75)(H,64,65)(H,66,67)(H,68,69)(H,78,79)(H4,48,49,51)/t20-,21-,23+,24+,25+,26+,27+,28+,29+,34+,35+/m1/s1. The number of aromatic amines is 1. The molecule has 1 aromatic heterocycles. The SMILES string of the molecule is CC(C)C[C@H](NC(=O)[C@H](CCC(=O)O)NC(=O)[C@@H](NC(=O)[C@H](Cc1cnc[nH]1)NC(=O)[C@H](CC(N)=O)NC(=O)[C@@H](NC(=O)[C@H](CCCN=C(N)N)NC(=O)[C@H](CCC(=O)O)NC(=O)[C@@H](N)CCC(=O)O)[C@@H](C)O)[C@@H](C)O)C(=O)O. The van der Waals surface area contributed by atoms with Gasteiger partial charge >= 0.3 is 23.9 Å². The van der Waals surface area contributed by atoms with Gasteiger partial charge in [0.15, 0.2) is 5.96 Å². The lowest BCUT2D eigenvalue weighted by Crippen LogP contribution is -2.63. The van der Waals surface area contributed by atoms with Crippen molar-refractivity contribution in [1.29, 1.82) is 0 Å². The van der Waals surface area contributed by atoms with Gasteiger partial charge in [0.2, 0.25) is 53.2 Å². The first-order valence-electron chi connectivity index (χ1n) is 24.6. The first-order chi connectivity index (χ1) is 36.8. The molecule has 0 aromatic carbocycles. The van der Waals surface area contributed by atoms with Crippen molar-refractivity contribution in [2.24, 2.45) is 33.8 Å². The van der Waals surface area contributed by atoms with E-state index in [0.717, 1.165) is 13.8 Å². The molecule has 0 aliphatic rings.